The molecule has 1 N–H and O–H groups in total. The van der Waals surface area contributed by atoms with Crippen LogP contribution in [-0.4, -0.2) is 24.5 Å². The summed E-state index contributed by atoms with van der Waals surface area (Å²) in [5.41, 5.74) is 1.83. The van der Waals surface area contributed by atoms with E-state index in [9.17, 15) is 14.0 Å². The van der Waals surface area contributed by atoms with Crippen LogP contribution in [0.2, 0.25) is 0 Å². The normalized spacial score (nSPS) is 13.1. The van der Waals surface area contributed by atoms with Gasteiger partial charge in [-0.05, 0) is 42.7 Å². The number of nitrogens with one attached hydrogen (secondary N) is 1. The van der Waals surface area contributed by atoms with E-state index < -0.39 is 12.1 Å². The smallest absolute Gasteiger partial charge is 0.331 e. The van der Waals surface area contributed by atoms with Crippen LogP contribution in [0.5, 0.6) is 0 Å². The first kappa shape index (κ1) is 20.4. The third-order valence-electron chi connectivity index (χ3n) is 4.23. The van der Waals surface area contributed by atoms with Crippen LogP contribution in [0.25, 0.3) is 6.08 Å². The number of esters is 1. The number of ether oxygens (including phenoxy) is 1. The second-order valence-electron chi connectivity index (χ2n) is 6.23. The zero-order valence-electron chi connectivity index (χ0n) is 15.5. The maximum atomic E-state index is 12.8. The average molecular weight is 369 g/mol. The topological polar surface area (TPSA) is 55.4 Å². The van der Waals surface area contributed by atoms with Crippen LogP contribution in [-0.2, 0) is 14.3 Å². The Morgan fingerprint density at radius 1 is 1.11 bits per heavy atom. The zero-order chi connectivity index (χ0) is 19.6. The molecule has 0 bridgehead atoms. The molecule has 0 unspecified atom stereocenters. The third-order valence-corrected chi connectivity index (χ3v) is 4.23. The first-order valence-corrected chi connectivity index (χ1v) is 8.96. The van der Waals surface area contributed by atoms with Crippen LogP contribution in [0.1, 0.15) is 37.3 Å². The predicted molar refractivity (Wildman–Crippen MR) is 103 cm³/mol. The molecule has 0 radical (unpaired) electrons. The minimum Gasteiger partial charge on any atom is -0.449 e. The van der Waals surface area contributed by atoms with Gasteiger partial charge in [0.25, 0.3) is 5.91 Å². The quantitative estimate of drug-likeness (QED) is 0.563. The highest BCUT2D eigenvalue weighted by Crippen LogP contribution is 2.18. The second-order valence-corrected chi connectivity index (χ2v) is 6.23. The molecule has 2 atom stereocenters. The molecule has 0 aliphatic heterocycles. The molecule has 2 aromatic carbocycles. The van der Waals surface area contributed by atoms with Crippen LogP contribution in [0, 0.1) is 5.82 Å². The predicted octanol–water partition coefficient (Wildman–Crippen LogP) is 4.08. The lowest BCUT2D eigenvalue weighted by molar-refractivity contribution is -0.150. The van der Waals surface area contributed by atoms with Crippen molar-refractivity contribution in [2.45, 2.75) is 32.3 Å². The van der Waals surface area contributed by atoms with E-state index in [0.29, 0.717) is 12.1 Å². The van der Waals surface area contributed by atoms with Gasteiger partial charge in [-0.25, -0.2) is 9.18 Å². The Morgan fingerprint density at radius 3 is 2.41 bits per heavy atom. The zero-order valence-corrected chi connectivity index (χ0v) is 15.5. The Balaban J connectivity index is 1.82. The Hall–Kier alpha value is -2.95. The summed E-state index contributed by atoms with van der Waals surface area (Å²) in [6, 6.07) is 15.7. The highest BCUT2D eigenvalue weighted by Gasteiger charge is 2.18. The summed E-state index contributed by atoms with van der Waals surface area (Å²) in [7, 11) is 0. The summed E-state index contributed by atoms with van der Waals surface area (Å²) >= 11 is 0. The first-order chi connectivity index (χ1) is 13.0. The van der Waals surface area contributed by atoms with Gasteiger partial charge >= 0.3 is 5.97 Å². The van der Waals surface area contributed by atoms with Crippen LogP contribution < -0.4 is 5.32 Å². The van der Waals surface area contributed by atoms with Gasteiger partial charge in [-0.2, -0.15) is 0 Å². The van der Waals surface area contributed by atoms with Gasteiger partial charge in [-0.15, -0.1) is 0 Å². The van der Waals surface area contributed by atoms with E-state index in [0.717, 1.165) is 12.0 Å². The SMILES string of the molecule is CC[C@@H](CNC(=O)[C@@H](C)OC(=O)/C=C/c1ccc(F)cc1)c1ccccc1. The molecule has 0 aromatic heterocycles. The molecule has 2 rings (SSSR count). The van der Waals surface area contributed by atoms with E-state index in [1.54, 1.807) is 12.1 Å². The van der Waals surface area contributed by atoms with Gasteiger partial charge in [0.1, 0.15) is 5.82 Å². The summed E-state index contributed by atoms with van der Waals surface area (Å²) in [5.74, 6) is -1.11. The van der Waals surface area contributed by atoms with Crippen LogP contribution >= 0.6 is 0 Å². The fourth-order valence-corrected chi connectivity index (χ4v) is 2.60. The van der Waals surface area contributed by atoms with Gasteiger partial charge in [0.15, 0.2) is 6.10 Å². The number of rotatable bonds is 8. The van der Waals surface area contributed by atoms with E-state index in [1.165, 1.54) is 31.2 Å². The maximum absolute atomic E-state index is 12.8. The molecule has 142 valence electrons. The van der Waals surface area contributed by atoms with Gasteiger partial charge < -0.3 is 10.1 Å². The lowest BCUT2D eigenvalue weighted by atomic mass is 9.96. The Bertz CT molecular complexity index is 772. The van der Waals surface area contributed by atoms with Crippen molar-refractivity contribution in [3.8, 4) is 0 Å². The van der Waals surface area contributed by atoms with Crippen molar-refractivity contribution in [2.75, 3.05) is 6.54 Å². The molecule has 27 heavy (non-hydrogen) atoms. The number of hydrogen-bond donors (Lipinski definition) is 1. The molecule has 0 saturated carbocycles. The minimum atomic E-state index is -0.899. The van der Waals surface area contributed by atoms with Gasteiger partial charge in [-0.3, -0.25) is 4.79 Å². The van der Waals surface area contributed by atoms with Crippen LogP contribution in [0.4, 0.5) is 4.39 Å². The van der Waals surface area contributed by atoms with E-state index in [2.05, 4.69) is 12.2 Å². The van der Waals surface area contributed by atoms with Crippen molar-refractivity contribution in [3.63, 3.8) is 0 Å². The van der Waals surface area contributed by atoms with Crippen molar-refractivity contribution in [1.82, 2.24) is 5.32 Å². The van der Waals surface area contributed by atoms with Crippen molar-refractivity contribution in [3.05, 3.63) is 77.6 Å². The number of amides is 1. The summed E-state index contributed by atoms with van der Waals surface area (Å²) < 4.78 is 18.0. The molecular formula is C22H24FNO3. The summed E-state index contributed by atoms with van der Waals surface area (Å²) in [6.45, 7) is 4.07. The third kappa shape index (κ3) is 6.70. The molecule has 0 aliphatic carbocycles. The number of benzene rings is 2. The molecule has 2 aromatic rings. The number of carbonyl (C=O) groups is 2. The molecular weight excluding hydrogens is 345 g/mol. The van der Waals surface area contributed by atoms with E-state index >= 15 is 0 Å². The number of hydrogen-bond acceptors (Lipinski definition) is 3. The monoisotopic (exact) mass is 369 g/mol. The van der Waals surface area contributed by atoms with Crippen molar-refractivity contribution < 1.29 is 18.7 Å². The molecule has 4 nitrogen and oxygen atoms in total. The summed E-state index contributed by atoms with van der Waals surface area (Å²) in [6.07, 6.45) is 2.72. The number of halogens is 1. The Kier molecular flexibility index (Phi) is 7.74. The van der Waals surface area contributed by atoms with Gasteiger partial charge in [0.05, 0.1) is 0 Å². The molecule has 1 amide bonds. The van der Waals surface area contributed by atoms with E-state index in [-0.39, 0.29) is 17.6 Å². The molecule has 5 heteroatoms. The largest absolute Gasteiger partial charge is 0.449 e. The highest BCUT2D eigenvalue weighted by molar-refractivity contribution is 5.90. The molecule has 0 saturated heterocycles. The van der Waals surface area contributed by atoms with E-state index in [4.69, 9.17) is 4.74 Å². The standard InChI is InChI=1S/C22H24FNO3/c1-3-18(19-7-5-4-6-8-19)15-24-22(26)16(2)27-21(25)14-11-17-9-12-20(23)13-10-17/h4-14,16,18H,3,15H2,1-2H3,(H,24,26)/b14-11+/t16-,18+/m1/s1. The first-order valence-electron chi connectivity index (χ1n) is 8.96. The Labute approximate surface area is 159 Å². The highest BCUT2D eigenvalue weighted by atomic mass is 19.1. The molecule has 0 fully saturated rings. The minimum absolute atomic E-state index is 0.205. The van der Waals surface area contributed by atoms with Crippen LogP contribution in [0.15, 0.2) is 60.7 Å². The van der Waals surface area contributed by atoms with Crippen molar-refractivity contribution >= 4 is 18.0 Å². The maximum Gasteiger partial charge on any atom is 0.331 e. The summed E-state index contributed by atoms with van der Waals surface area (Å²) in [4.78, 5) is 24.0. The van der Waals surface area contributed by atoms with Gasteiger partial charge in [0, 0.05) is 18.5 Å². The fraction of sp³-hybridized carbons (Fsp3) is 0.273. The lowest BCUT2D eigenvalue weighted by Crippen LogP contribution is -2.37. The average Bonchev–Trinajstić information content (AvgIpc) is 2.68. The fourth-order valence-electron chi connectivity index (χ4n) is 2.60. The van der Waals surface area contributed by atoms with Gasteiger partial charge in [0.2, 0.25) is 0 Å². The Morgan fingerprint density at radius 2 is 1.78 bits per heavy atom. The van der Waals surface area contributed by atoms with E-state index in [1.807, 2.05) is 30.3 Å². The second kappa shape index (κ2) is 10.3. The van der Waals surface area contributed by atoms with Crippen LogP contribution in [0.3, 0.4) is 0 Å². The number of carbonyl (C=O) groups excluding carboxylic acids is 2. The molecule has 0 spiro atoms. The molecule has 0 aliphatic rings. The molecule has 0 heterocycles. The lowest BCUT2D eigenvalue weighted by Gasteiger charge is -2.18. The summed E-state index contributed by atoms with van der Waals surface area (Å²) in [5, 5.41) is 2.84. The van der Waals surface area contributed by atoms with Gasteiger partial charge in [-0.1, -0.05) is 49.4 Å². The van der Waals surface area contributed by atoms with Crippen molar-refractivity contribution in [2.24, 2.45) is 0 Å². The van der Waals surface area contributed by atoms with Crippen molar-refractivity contribution in [1.29, 1.82) is 0 Å².